The van der Waals surface area contributed by atoms with Crippen molar-refractivity contribution in [2.24, 2.45) is 0 Å². The minimum atomic E-state index is -3.52. The zero-order valence-electron chi connectivity index (χ0n) is 16.1. The molecule has 1 aliphatic rings. The average molecular weight is 460 g/mol. The SMILES string of the molecule is O=C(NCc1cccc(OCC(F)F)c1)N1CCC(NS(=O)(=O)c2cccs2)CC1. The van der Waals surface area contributed by atoms with Gasteiger partial charge in [-0.05, 0) is 42.0 Å². The minimum absolute atomic E-state index is 0.218. The van der Waals surface area contributed by atoms with Crippen molar-refractivity contribution in [1.82, 2.24) is 14.9 Å². The van der Waals surface area contributed by atoms with E-state index in [2.05, 4.69) is 10.0 Å². The van der Waals surface area contributed by atoms with Gasteiger partial charge in [0.2, 0.25) is 10.0 Å². The second-order valence-electron chi connectivity index (χ2n) is 6.82. The first kappa shape index (κ1) is 22.4. The number of rotatable bonds is 8. The number of nitrogens with one attached hydrogen (secondary N) is 2. The number of carbonyl (C=O) groups is 1. The molecule has 0 saturated carbocycles. The highest BCUT2D eigenvalue weighted by molar-refractivity contribution is 7.91. The first-order valence-electron chi connectivity index (χ1n) is 9.42. The number of hydrogen-bond donors (Lipinski definition) is 2. The molecule has 1 fully saturated rings. The van der Waals surface area contributed by atoms with Crippen LogP contribution < -0.4 is 14.8 Å². The van der Waals surface area contributed by atoms with Crippen molar-refractivity contribution in [1.29, 1.82) is 0 Å². The summed E-state index contributed by atoms with van der Waals surface area (Å²) in [7, 11) is -3.52. The minimum Gasteiger partial charge on any atom is -0.488 e. The van der Waals surface area contributed by atoms with Crippen LogP contribution >= 0.6 is 11.3 Å². The summed E-state index contributed by atoms with van der Waals surface area (Å²) in [5.74, 6) is 0.320. The molecule has 2 heterocycles. The summed E-state index contributed by atoms with van der Waals surface area (Å²) < 4.78 is 57.1. The number of urea groups is 1. The maximum Gasteiger partial charge on any atom is 0.317 e. The molecule has 2 aromatic rings. The fourth-order valence-electron chi connectivity index (χ4n) is 3.09. The van der Waals surface area contributed by atoms with E-state index in [4.69, 9.17) is 4.74 Å². The summed E-state index contributed by atoms with van der Waals surface area (Å²) in [5.41, 5.74) is 0.730. The van der Waals surface area contributed by atoms with Gasteiger partial charge in [0.15, 0.2) is 0 Å². The van der Waals surface area contributed by atoms with Crippen LogP contribution in [0.3, 0.4) is 0 Å². The number of ether oxygens (including phenoxy) is 1. The number of nitrogens with zero attached hydrogens (tertiary/aromatic N) is 1. The molecule has 0 radical (unpaired) electrons. The van der Waals surface area contributed by atoms with Crippen LogP contribution in [0.15, 0.2) is 46.0 Å². The second kappa shape index (κ2) is 10.2. The summed E-state index contributed by atoms with van der Waals surface area (Å²) in [4.78, 5) is 14.0. The molecule has 2 amide bonds. The van der Waals surface area contributed by atoms with Crippen molar-refractivity contribution in [3.63, 3.8) is 0 Å². The molecule has 1 aliphatic heterocycles. The second-order valence-corrected chi connectivity index (χ2v) is 9.71. The summed E-state index contributed by atoms with van der Waals surface area (Å²) in [6.45, 7) is 0.415. The van der Waals surface area contributed by atoms with Crippen LogP contribution in [0.25, 0.3) is 0 Å². The van der Waals surface area contributed by atoms with Gasteiger partial charge in [-0.2, -0.15) is 0 Å². The fourth-order valence-corrected chi connectivity index (χ4v) is 5.40. The largest absolute Gasteiger partial charge is 0.488 e. The van der Waals surface area contributed by atoms with Gasteiger partial charge in [-0.3, -0.25) is 0 Å². The lowest BCUT2D eigenvalue weighted by Crippen LogP contribution is -2.49. The first-order valence-corrected chi connectivity index (χ1v) is 11.8. The number of sulfonamides is 1. The Morgan fingerprint density at radius 3 is 2.67 bits per heavy atom. The molecule has 30 heavy (non-hydrogen) atoms. The summed E-state index contributed by atoms with van der Waals surface area (Å²) in [6, 6.07) is 9.40. The van der Waals surface area contributed by atoms with Gasteiger partial charge in [0.25, 0.3) is 6.43 Å². The Bertz CT molecular complexity index is 931. The third kappa shape index (κ3) is 6.38. The van der Waals surface area contributed by atoms with Gasteiger partial charge in [-0.1, -0.05) is 18.2 Å². The highest BCUT2D eigenvalue weighted by Crippen LogP contribution is 2.19. The number of likely N-dealkylation sites (tertiary alicyclic amines) is 1. The van der Waals surface area contributed by atoms with Crippen molar-refractivity contribution in [2.45, 2.75) is 36.1 Å². The van der Waals surface area contributed by atoms with E-state index >= 15 is 0 Å². The van der Waals surface area contributed by atoms with E-state index in [1.54, 1.807) is 46.7 Å². The maximum absolute atomic E-state index is 12.4. The summed E-state index contributed by atoms with van der Waals surface area (Å²) in [6.07, 6.45) is -1.50. The molecule has 164 valence electrons. The maximum atomic E-state index is 12.4. The van der Waals surface area contributed by atoms with E-state index in [1.807, 2.05) is 0 Å². The van der Waals surface area contributed by atoms with Crippen LogP contribution in [0.5, 0.6) is 5.75 Å². The standard InChI is InChI=1S/C19H23F2N3O4S2/c20-17(21)13-28-16-4-1-3-14(11-16)12-22-19(25)24-8-6-15(7-9-24)23-30(26,27)18-5-2-10-29-18/h1-5,10-11,15,17,23H,6-9,12-13H2,(H,22,25). The molecule has 7 nitrogen and oxygen atoms in total. The van der Waals surface area contributed by atoms with E-state index in [0.29, 0.717) is 31.7 Å². The van der Waals surface area contributed by atoms with E-state index in [1.165, 1.54) is 0 Å². The Morgan fingerprint density at radius 2 is 2.00 bits per heavy atom. The fraction of sp³-hybridized carbons (Fsp3) is 0.421. The zero-order chi connectivity index (χ0) is 21.6. The number of hydrogen-bond acceptors (Lipinski definition) is 5. The lowest BCUT2D eigenvalue weighted by atomic mass is 10.1. The van der Waals surface area contributed by atoms with Gasteiger partial charge in [0.1, 0.15) is 16.6 Å². The monoisotopic (exact) mass is 459 g/mol. The number of alkyl halides is 2. The molecule has 0 bridgehead atoms. The van der Waals surface area contributed by atoms with E-state index in [0.717, 1.165) is 16.9 Å². The van der Waals surface area contributed by atoms with Crippen LogP contribution in [0.1, 0.15) is 18.4 Å². The zero-order valence-corrected chi connectivity index (χ0v) is 17.7. The van der Waals surface area contributed by atoms with Crippen LogP contribution in [0.4, 0.5) is 13.6 Å². The molecule has 0 atom stereocenters. The lowest BCUT2D eigenvalue weighted by Gasteiger charge is -2.32. The van der Waals surface area contributed by atoms with Gasteiger partial charge < -0.3 is 15.0 Å². The van der Waals surface area contributed by atoms with Gasteiger partial charge in [-0.15, -0.1) is 11.3 Å². The van der Waals surface area contributed by atoms with Gasteiger partial charge in [0.05, 0.1) is 0 Å². The lowest BCUT2D eigenvalue weighted by molar-refractivity contribution is 0.0818. The molecule has 2 N–H and O–H groups in total. The smallest absolute Gasteiger partial charge is 0.317 e. The number of carbonyl (C=O) groups excluding carboxylic acids is 1. The molecular weight excluding hydrogens is 436 g/mol. The number of benzene rings is 1. The van der Waals surface area contributed by atoms with E-state index < -0.39 is 23.1 Å². The molecule has 0 aliphatic carbocycles. The molecule has 11 heteroatoms. The van der Waals surface area contributed by atoms with Crippen LogP contribution in [0.2, 0.25) is 0 Å². The van der Waals surface area contributed by atoms with Gasteiger partial charge in [-0.25, -0.2) is 26.7 Å². The predicted molar refractivity (Wildman–Crippen MR) is 109 cm³/mol. The first-order chi connectivity index (χ1) is 14.3. The Balaban J connectivity index is 1.44. The van der Waals surface area contributed by atoms with Crippen LogP contribution in [-0.4, -0.2) is 51.5 Å². The van der Waals surface area contributed by atoms with E-state index in [9.17, 15) is 22.0 Å². The van der Waals surface area contributed by atoms with Crippen molar-refractivity contribution in [2.75, 3.05) is 19.7 Å². The molecule has 0 spiro atoms. The molecule has 0 unspecified atom stereocenters. The average Bonchev–Trinajstić information content (AvgIpc) is 3.27. The Kier molecular flexibility index (Phi) is 7.62. The molecule has 1 aromatic carbocycles. The van der Waals surface area contributed by atoms with Crippen molar-refractivity contribution in [3.05, 3.63) is 47.3 Å². The van der Waals surface area contributed by atoms with Crippen molar-refractivity contribution >= 4 is 27.4 Å². The highest BCUT2D eigenvalue weighted by Gasteiger charge is 2.27. The predicted octanol–water partition coefficient (Wildman–Crippen LogP) is 3.04. The third-order valence-electron chi connectivity index (χ3n) is 4.58. The molecule has 3 rings (SSSR count). The topological polar surface area (TPSA) is 87.7 Å². The molecular formula is C19H23F2N3O4S2. The number of piperidine rings is 1. The normalized spacial score (nSPS) is 15.4. The third-order valence-corrected chi connectivity index (χ3v) is 7.50. The van der Waals surface area contributed by atoms with Crippen molar-refractivity contribution in [3.8, 4) is 5.75 Å². The molecule has 1 aromatic heterocycles. The Hall–Kier alpha value is -2.24. The van der Waals surface area contributed by atoms with Crippen LogP contribution in [-0.2, 0) is 16.6 Å². The van der Waals surface area contributed by atoms with Gasteiger partial charge in [0, 0.05) is 25.7 Å². The van der Waals surface area contributed by atoms with Gasteiger partial charge >= 0.3 is 6.03 Å². The molecule has 1 saturated heterocycles. The highest BCUT2D eigenvalue weighted by atomic mass is 32.2. The van der Waals surface area contributed by atoms with E-state index in [-0.39, 0.29) is 22.8 Å². The Morgan fingerprint density at radius 1 is 1.23 bits per heavy atom. The quantitative estimate of drug-likeness (QED) is 0.635. The summed E-state index contributed by atoms with van der Waals surface area (Å²) >= 11 is 1.16. The van der Waals surface area contributed by atoms with Crippen molar-refractivity contribution < 1.29 is 26.7 Å². The number of amides is 2. The van der Waals surface area contributed by atoms with Crippen LogP contribution in [0, 0.1) is 0 Å². The Labute approximate surface area is 178 Å². The summed E-state index contributed by atoms with van der Waals surface area (Å²) in [5, 5.41) is 4.50. The number of halogens is 2. The number of thiophene rings is 1.